The number of amides is 1. The monoisotopic (exact) mass is 317 g/mol. The van der Waals surface area contributed by atoms with E-state index in [-0.39, 0.29) is 11.7 Å². The van der Waals surface area contributed by atoms with Gasteiger partial charge in [-0.1, -0.05) is 18.6 Å². The minimum atomic E-state index is -0.0938. The molecule has 2 aliphatic rings. The highest BCUT2D eigenvalue weighted by Crippen LogP contribution is 2.18. The number of thiocarbonyl (C=S) groups is 1. The summed E-state index contributed by atoms with van der Waals surface area (Å²) in [7, 11) is 0. The number of benzene rings is 1. The zero-order valence-electron chi connectivity index (χ0n) is 12.3. The lowest BCUT2D eigenvalue weighted by atomic mass is 10.1. The molecule has 0 radical (unpaired) electrons. The molecular weight excluding hydrogens is 298 g/mol. The number of carbonyl (C=O) groups excluding carboxylic acids is 1. The fourth-order valence-corrected chi connectivity index (χ4v) is 2.99. The molecule has 0 saturated carbocycles. The Kier molecular flexibility index (Phi) is 4.40. The Morgan fingerprint density at radius 2 is 1.86 bits per heavy atom. The fraction of sp³-hybridized carbons (Fsp3) is 0.375. The topological polar surface area (TPSA) is 55.8 Å². The average Bonchev–Trinajstić information content (AvgIpc) is 2.78. The molecule has 3 rings (SSSR count). The van der Waals surface area contributed by atoms with E-state index >= 15 is 0 Å². The first kappa shape index (κ1) is 15.0. The average molecular weight is 317 g/mol. The van der Waals surface area contributed by atoms with Gasteiger partial charge in [-0.3, -0.25) is 14.6 Å². The predicted octanol–water partition coefficient (Wildman–Crippen LogP) is 1.89. The van der Waals surface area contributed by atoms with Crippen LogP contribution in [0.5, 0.6) is 5.75 Å². The van der Waals surface area contributed by atoms with Gasteiger partial charge in [-0.2, -0.15) is 0 Å². The van der Waals surface area contributed by atoms with Crippen LogP contribution in [0.15, 0.2) is 30.0 Å². The highest BCUT2D eigenvalue weighted by Gasteiger charge is 2.32. The quantitative estimate of drug-likeness (QED) is 0.659. The van der Waals surface area contributed by atoms with Gasteiger partial charge in [0.1, 0.15) is 11.4 Å². The normalized spacial score (nSPS) is 21.5. The number of nitrogens with zero attached hydrogens (tertiary/aromatic N) is 2. The largest absolute Gasteiger partial charge is 0.508 e. The second kappa shape index (κ2) is 6.46. The van der Waals surface area contributed by atoms with Crippen molar-refractivity contribution < 1.29 is 9.90 Å². The molecule has 0 aromatic heterocycles. The van der Waals surface area contributed by atoms with Crippen LogP contribution in [-0.4, -0.2) is 45.7 Å². The van der Waals surface area contributed by atoms with Gasteiger partial charge in [-0.05, 0) is 61.9 Å². The van der Waals surface area contributed by atoms with Crippen LogP contribution in [0.4, 0.5) is 0 Å². The molecule has 22 heavy (non-hydrogen) atoms. The van der Waals surface area contributed by atoms with Crippen molar-refractivity contribution in [3.8, 4) is 5.75 Å². The number of hydrogen-bond acceptors (Lipinski definition) is 4. The number of carbonyl (C=O) groups is 1. The van der Waals surface area contributed by atoms with E-state index in [1.165, 1.54) is 19.3 Å². The van der Waals surface area contributed by atoms with Crippen molar-refractivity contribution in [3.05, 3.63) is 35.5 Å². The van der Waals surface area contributed by atoms with Crippen LogP contribution >= 0.6 is 12.2 Å². The Morgan fingerprint density at radius 1 is 1.18 bits per heavy atom. The van der Waals surface area contributed by atoms with E-state index in [1.807, 2.05) is 0 Å². The second-order valence-electron chi connectivity index (χ2n) is 5.63. The number of rotatable bonds is 3. The maximum absolute atomic E-state index is 12.5. The Balaban J connectivity index is 1.71. The molecule has 1 amide bonds. The highest BCUT2D eigenvalue weighted by molar-refractivity contribution is 7.80. The molecule has 1 aromatic rings. The van der Waals surface area contributed by atoms with E-state index in [4.69, 9.17) is 12.2 Å². The van der Waals surface area contributed by atoms with Crippen LogP contribution < -0.4 is 5.32 Å². The summed E-state index contributed by atoms with van der Waals surface area (Å²) in [5.41, 5.74) is 1.32. The maximum Gasteiger partial charge on any atom is 0.277 e. The van der Waals surface area contributed by atoms with Crippen molar-refractivity contribution in [1.29, 1.82) is 0 Å². The fourth-order valence-electron chi connectivity index (χ4n) is 2.74. The van der Waals surface area contributed by atoms with E-state index in [2.05, 4.69) is 10.2 Å². The number of hydrogen-bond donors (Lipinski definition) is 2. The van der Waals surface area contributed by atoms with Gasteiger partial charge in [0.05, 0.1) is 6.67 Å². The van der Waals surface area contributed by atoms with Gasteiger partial charge >= 0.3 is 0 Å². The third kappa shape index (κ3) is 3.28. The lowest BCUT2D eigenvalue weighted by Gasteiger charge is -2.29. The van der Waals surface area contributed by atoms with Crippen molar-refractivity contribution in [1.82, 2.24) is 15.1 Å². The van der Waals surface area contributed by atoms with Crippen molar-refractivity contribution in [2.75, 3.05) is 19.8 Å². The zero-order chi connectivity index (χ0) is 15.5. The van der Waals surface area contributed by atoms with Crippen LogP contribution in [0, 0.1) is 0 Å². The molecule has 0 aliphatic carbocycles. The lowest BCUT2D eigenvalue weighted by Crippen LogP contribution is -2.43. The molecule has 5 nitrogen and oxygen atoms in total. The van der Waals surface area contributed by atoms with Gasteiger partial charge in [-0.15, -0.1) is 0 Å². The van der Waals surface area contributed by atoms with Crippen LogP contribution in [-0.2, 0) is 4.79 Å². The predicted molar refractivity (Wildman–Crippen MR) is 89.0 cm³/mol. The van der Waals surface area contributed by atoms with E-state index in [9.17, 15) is 9.90 Å². The third-order valence-electron chi connectivity index (χ3n) is 3.96. The minimum Gasteiger partial charge on any atom is -0.508 e. The molecule has 0 unspecified atom stereocenters. The first-order chi connectivity index (χ1) is 10.6. The highest BCUT2D eigenvalue weighted by atomic mass is 32.1. The van der Waals surface area contributed by atoms with E-state index in [0.717, 1.165) is 18.7 Å². The molecular formula is C16H19N3O2S. The van der Waals surface area contributed by atoms with Crippen molar-refractivity contribution >= 4 is 29.3 Å². The molecule has 2 fully saturated rings. The summed E-state index contributed by atoms with van der Waals surface area (Å²) in [4.78, 5) is 16.4. The summed E-state index contributed by atoms with van der Waals surface area (Å²) < 4.78 is 0. The van der Waals surface area contributed by atoms with Crippen LogP contribution in [0.3, 0.4) is 0 Å². The molecule has 0 atom stereocenters. The van der Waals surface area contributed by atoms with Gasteiger partial charge in [0, 0.05) is 0 Å². The zero-order valence-corrected chi connectivity index (χ0v) is 13.1. The van der Waals surface area contributed by atoms with Crippen molar-refractivity contribution in [3.63, 3.8) is 0 Å². The molecule has 2 N–H and O–H groups in total. The number of phenolic OH excluding ortho intramolecular Hbond substituents is 1. The molecule has 0 bridgehead atoms. The molecule has 0 spiro atoms. The SMILES string of the molecule is O=C1/C(=C/c2ccc(O)cc2)NC(=S)N1CN1CCCCC1. The van der Waals surface area contributed by atoms with Crippen LogP contribution in [0.1, 0.15) is 24.8 Å². The van der Waals surface area contributed by atoms with Crippen molar-refractivity contribution in [2.24, 2.45) is 0 Å². The molecule has 6 heteroatoms. The summed E-state index contributed by atoms with van der Waals surface area (Å²) in [6.45, 7) is 2.59. The van der Waals surface area contributed by atoms with E-state index < -0.39 is 0 Å². The first-order valence-corrected chi connectivity index (χ1v) is 7.90. The van der Waals surface area contributed by atoms with Gasteiger partial charge in [0.2, 0.25) is 0 Å². The molecule has 1 aromatic carbocycles. The lowest BCUT2D eigenvalue weighted by molar-refractivity contribution is -0.123. The maximum atomic E-state index is 12.5. The summed E-state index contributed by atoms with van der Waals surface area (Å²) >= 11 is 5.29. The molecule has 2 aliphatic heterocycles. The number of nitrogens with one attached hydrogen (secondary N) is 1. The molecule has 116 valence electrons. The van der Waals surface area contributed by atoms with Crippen LogP contribution in [0.25, 0.3) is 6.08 Å². The Bertz CT molecular complexity index is 606. The summed E-state index contributed by atoms with van der Waals surface area (Å²) in [6, 6.07) is 6.70. The standard InChI is InChI=1S/C16H19N3O2S/c20-13-6-4-12(5-7-13)10-14-15(21)19(16(22)17-14)11-18-8-2-1-3-9-18/h4-7,10,20H,1-3,8-9,11H2,(H,17,22)/b14-10-. The number of phenols is 1. The Morgan fingerprint density at radius 3 is 2.55 bits per heavy atom. The van der Waals surface area contributed by atoms with Gasteiger partial charge in [0.15, 0.2) is 5.11 Å². The van der Waals surface area contributed by atoms with Crippen LogP contribution in [0.2, 0.25) is 0 Å². The number of likely N-dealkylation sites (tertiary alicyclic amines) is 1. The second-order valence-corrected chi connectivity index (χ2v) is 6.02. The van der Waals surface area contributed by atoms with Gasteiger partial charge in [-0.25, -0.2) is 0 Å². The number of aromatic hydroxyl groups is 1. The summed E-state index contributed by atoms with van der Waals surface area (Å²) in [5, 5.41) is 12.7. The Hall–Kier alpha value is -1.92. The van der Waals surface area contributed by atoms with E-state index in [0.29, 0.717) is 17.5 Å². The third-order valence-corrected chi connectivity index (χ3v) is 4.28. The molecule has 2 heterocycles. The van der Waals surface area contributed by atoms with Crippen molar-refractivity contribution in [2.45, 2.75) is 19.3 Å². The summed E-state index contributed by atoms with van der Waals surface area (Å²) in [5.74, 6) is 0.110. The summed E-state index contributed by atoms with van der Waals surface area (Å²) in [6.07, 6.45) is 5.38. The number of piperidine rings is 1. The van der Waals surface area contributed by atoms with Gasteiger partial charge < -0.3 is 10.4 Å². The van der Waals surface area contributed by atoms with Gasteiger partial charge in [0.25, 0.3) is 5.91 Å². The van der Waals surface area contributed by atoms with E-state index in [1.54, 1.807) is 35.2 Å². The smallest absolute Gasteiger partial charge is 0.277 e. The minimum absolute atomic E-state index is 0.0938. The molecule has 2 saturated heterocycles. The Labute approximate surface area is 135 Å². The first-order valence-electron chi connectivity index (χ1n) is 7.49.